The number of rotatable bonds is 5. The van der Waals surface area contributed by atoms with E-state index in [1.54, 1.807) is 6.08 Å². The summed E-state index contributed by atoms with van der Waals surface area (Å²) in [6.07, 6.45) is 3.92. The van der Waals surface area contributed by atoms with Crippen LogP contribution in [0.5, 0.6) is 0 Å². The molecule has 0 aromatic rings. The summed E-state index contributed by atoms with van der Waals surface area (Å²) in [5.74, 6) is -0.217. The van der Waals surface area contributed by atoms with Crippen molar-refractivity contribution in [2.24, 2.45) is 17.3 Å². The molecule has 1 unspecified atom stereocenters. The fourth-order valence-corrected chi connectivity index (χ4v) is 3.19. The van der Waals surface area contributed by atoms with Gasteiger partial charge in [-0.2, -0.15) is 0 Å². The normalized spacial score (nSPS) is 29.9. The maximum Gasteiger partial charge on any atom is 0.310 e. The van der Waals surface area contributed by atoms with E-state index >= 15 is 0 Å². The first-order valence-corrected chi connectivity index (χ1v) is 7.24. The van der Waals surface area contributed by atoms with Crippen molar-refractivity contribution in [3.63, 3.8) is 0 Å². The number of ketones is 1. The number of carbonyl (C=O) groups excluding carboxylic acids is 2. The molecule has 0 aromatic carbocycles. The molecule has 3 heteroatoms. The van der Waals surface area contributed by atoms with Gasteiger partial charge in [-0.1, -0.05) is 26.5 Å². The molecule has 3 atom stereocenters. The van der Waals surface area contributed by atoms with Gasteiger partial charge in [-0.05, 0) is 30.4 Å². The third-order valence-corrected chi connectivity index (χ3v) is 4.74. The summed E-state index contributed by atoms with van der Waals surface area (Å²) in [5, 5.41) is 0. The van der Waals surface area contributed by atoms with Crippen molar-refractivity contribution >= 4 is 11.8 Å². The fourth-order valence-electron chi connectivity index (χ4n) is 3.19. The van der Waals surface area contributed by atoms with E-state index in [1.807, 2.05) is 26.8 Å². The molecule has 0 N–H and O–H groups in total. The minimum Gasteiger partial charge on any atom is -0.457 e. The van der Waals surface area contributed by atoms with Gasteiger partial charge >= 0.3 is 5.97 Å². The highest BCUT2D eigenvalue weighted by Crippen LogP contribution is 2.59. The van der Waals surface area contributed by atoms with E-state index in [2.05, 4.69) is 18.9 Å². The third kappa shape index (κ3) is 2.66. The molecule has 2 rings (SSSR count). The van der Waals surface area contributed by atoms with Gasteiger partial charge in [-0.3, -0.25) is 9.59 Å². The molecule has 0 amide bonds. The first-order chi connectivity index (χ1) is 9.84. The molecule has 0 aromatic heterocycles. The lowest BCUT2D eigenvalue weighted by atomic mass is 10.1. The van der Waals surface area contributed by atoms with Gasteiger partial charge in [-0.25, -0.2) is 0 Å². The number of carbonyl (C=O) groups is 2. The van der Waals surface area contributed by atoms with Crippen LogP contribution in [0.3, 0.4) is 0 Å². The van der Waals surface area contributed by atoms with E-state index in [1.165, 1.54) is 0 Å². The first-order valence-electron chi connectivity index (χ1n) is 7.24. The number of Topliss-reactive ketones (excluding diaryl/α,β-unsaturated/α-hetero) is 1. The topological polar surface area (TPSA) is 43.4 Å². The van der Waals surface area contributed by atoms with E-state index in [4.69, 9.17) is 4.74 Å². The van der Waals surface area contributed by atoms with Crippen LogP contribution in [0, 0.1) is 17.3 Å². The zero-order chi connectivity index (χ0) is 15.8. The minimum absolute atomic E-state index is 0.0581. The average Bonchev–Trinajstić information content (AvgIpc) is 2.85. The highest BCUT2D eigenvalue weighted by atomic mass is 16.5. The van der Waals surface area contributed by atoms with Gasteiger partial charge in [0.25, 0.3) is 0 Å². The zero-order valence-corrected chi connectivity index (χ0v) is 12.9. The van der Waals surface area contributed by atoms with Gasteiger partial charge < -0.3 is 4.74 Å². The molecule has 112 valence electrons. The molecule has 0 aliphatic heterocycles. The molecule has 0 radical (unpaired) electrons. The summed E-state index contributed by atoms with van der Waals surface area (Å²) in [6.45, 7) is 13.1. The Hall–Kier alpha value is -1.86. The van der Waals surface area contributed by atoms with Crippen molar-refractivity contribution in [2.45, 2.75) is 39.7 Å². The SMILES string of the molecule is C=C=C[C@H]1[C@@H](C(=O)OC2CC(=O)C(CC=C)=C2C)C1(C)C. The summed E-state index contributed by atoms with van der Waals surface area (Å²) in [6, 6.07) is 0. The standard InChI is InChI=1S/C18H22O3/c1-6-8-12-11(3)15(10-14(12)19)21-17(20)16-13(9-7-2)18(16,4)5/h6,9,13,15-16H,1-2,8,10H2,3-5H3/t13-,15?,16-/m0/s1. The lowest BCUT2D eigenvalue weighted by Gasteiger charge is -2.13. The molecule has 0 spiro atoms. The summed E-state index contributed by atoms with van der Waals surface area (Å²) in [5.41, 5.74) is 4.23. The molecule has 1 fully saturated rings. The van der Waals surface area contributed by atoms with Gasteiger partial charge in [0, 0.05) is 11.5 Å². The van der Waals surface area contributed by atoms with Crippen LogP contribution < -0.4 is 0 Å². The Labute approximate surface area is 126 Å². The number of ether oxygens (including phenoxy) is 1. The molecular formula is C18H22O3. The Bertz CT molecular complexity index is 573. The van der Waals surface area contributed by atoms with Crippen LogP contribution >= 0.6 is 0 Å². The molecule has 2 aliphatic rings. The van der Waals surface area contributed by atoms with Gasteiger partial charge in [-0.15, -0.1) is 12.3 Å². The molecular weight excluding hydrogens is 264 g/mol. The van der Waals surface area contributed by atoms with Crippen LogP contribution in [0.1, 0.15) is 33.6 Å². The van der Waals surface area contributed by atoms with E-state index in [9.17, 15) is 9.59 Å². The predicted octanol–water partition coefficient (Wildman–Crippen LogP) is 3.38. The van der Waals surface area contributed by atoms with E-state index < -0.39 is 6.10 Å². The van der Waals surface area contributed by atoms with Gasteiger partial charge in [0.05, 0.1) is 12.3 Å². The van der Waals surface area contributed by atoms with Crippen molar-refractivity contribution in [3.05, 3.63) is 42.2 Å². The molecule has 1 saturated carbocycles. The second-order valence-electron chi connectivity index (χ2n) is 6.40. The lowest BCUT2D eigenvalue weighted by molar-refractivity contribution is -0.150. The van der Waals surface area contributed by atoms with Crippen molar-refractivity contribution < 1.29 is 14.3 Å². The molecule has 0 heterocycles. The fraction of sp³-hybridized carbons (Fsp3) is 0.500. The van der Waals surface area contributed by atoms with Crippen LogP contribution in [-0.4, -0.2) is 17.9 Å². The smallest absolute Gasteiger partial charge is 0.310 e. The summed E-state index contributed by atoms with van der Waals surface area (Å²) >= 11 is 0. The maximum atomic E-state index is 12.3. The Morgan fingerprint density at radius 3 is 2.76 bits per heavy atom. The first kappa shape index (κ1) is 15.5. The Balaban J connectivity index is 2.07. The van der Waals surface area contributed by atoms with Crippen LogP contribution in [0.2, 0.25) is 0 Å². The Morgan fingerprint density at radius 2 is 2.19 bits per heavy atom. The maximum absolute atomic E-state index is 12.3. The van der Waals surface area contributed by atoms with Gasteiger partial charge in [0.2, 0.25) is 0 Å². The number of hydrogen-bond donors (Lipinski definition) is 0. The summed E-state index contributed by atoms with van der Waals surface area (Å²) < 4.78 is 5.59. The third-order valence-electron chi connectivity index (χ3n) is 4.74. The molecule has 0 bridgehead atoms. The van der Waals surface area contributed by atoms with E-state index in [0.29, 0.717) is 6.42 Å². The molecule has 3 nitrogen and oxygen atoms in total. The monoisotopic (exact) mass is 286 g/mol. The van der Waals surface area contributed by atoms with Crippen molar-refractivity contribution in [3.8, 4) is 0 Å². The van der Waals surface area contributed by atoms with Crippen LogP contribution in [0.25, 0.3) is 0 Å². The minimum atomic E-state index is -0.412. The van der Waals surface area contributed by atoms with Crippen molar-refractivity contribution in [2.75, 3.05) is 0 Å². The van der Waals surface area contributed by atoms with Crippen LogP contribution in [-0.2, 0) is 14.3 Å². The number of hydrogen-bond acceptors (Lipinski definition) is 3. The Kier molecular flexibility index (Phi) is 4.06. The van der Waals surface area contributed by atoms with Crippen molar-refractivity contribution in [1.82, 2.24) is 0 Å². The van der Waals surface area contributed by atoms with E-state index in [-0.39, 0.29) is 35.4 Å². The largest absolute Gasteiger partial charge is 0.457 e. The van der Waals surface area contributed by atoms with E-state index in [0.717, 1.165) is 11.1 Å². The van der Waals surface area contributed by atoms with Gasteiger partial charge in [0.15, 0.2) is 5.78 Å². The van der Waals surface area contributed by atoms with Crippen LogP contribution in [0.15, 0.2) is 42.2 Å². The molecule has 2 aliphatic carbocycles. The lowest BCUT2D eigenvalue weighted by Crippen LogP contribution is -2.20. The average molecular weight is 286 g/mol. The summed E-state index contributed by atoms with van der Waals surface area (Å²) in [4.78, 5) is 24.3. The second kappa shape index (κ2) is 5.50. The highest BCUT2D eigenvalue weighted by Gasteiger charge is 2.61. The van der Waals surface area contributed by atoms with Crippen molar-refractivity contribution in [1.29, 1.82) is 0 Å². The second-order valence-corrected chi connectivity index (χ2v) is 6.40. The van der Waals surface area contributed by atoms with Gasteiger partial charge in [0.1, 0.15) is 6.10 Å². The predicted molar refractivity (Wildman–Crippen MR) is 81.5 cm³/mol. The molecule has 21 heavy (non-hydrogen) atoms. The number of allylic oxidation sites excluding steroid dienone is 3. The molecule has 0 saturated heterocycles. The summed E-state index contributed by atoms with van der Waals surface area (Å²) in [7, 11) is 0. The Morgan fingerprint density at radius 1 is 1.52 bits per heavy atom. The zero-order valence-electron chi connectivity index (χ0n) is 12.9. The van der Waals surface area contributed by atoms with Crippen LogP contribution in [0.4, 0.5) is 0 Å². The highest BCUT2D eigenvalue weighted by molar-refractivity contribution is 6.00. The number of esters is 1. The quantitative estimate of drug-likeness (QED) is 0.442.